The quantitative estimate of drug-likeness (QED) is 0.484. The van der Waals surface area contributed by atoms with E-state index in [0.717, 1.165) is 11.3 Å². The van der Waals surface area contributed by atoms with Crippen molar-refractivity contribution in [2.24, 2.45) is 0 Å². The SMILES string of the molecule is O=C(Nc1ccccc1)Nc1ccc2oc(-c3cccc(Cl)c3)nc2c1. The van der Waals surface area contributed by atoms with Crippen LogP contribution in [-0.4, -0.2) is 11.0 Å². The van der Waals surface area contributed by atoms with E-state index in [4.69, 9.17) is 16.0 Å². The van der Waals surface area contributed by atoms with Crippen LogP contribution in [0.25, 0.3) is 22.6 Å². The molecule has 0 unspecified atom stereocenters. The number of fused-ring (bicyclic) bond motifs is 1. The van der Waals surface area contributed by atoms with Crippen molar-refractivity contribution in [1.82, 2.24) is 4.98 Å². The van der Waals surface area contributed by atoms with Crippen LogP contribution in [0.2, 0.25) is 5.02 Å². The molecule has 4 rings (SSSR count). The number of hydrogen-bond acceptors (Lipinski definition) is 3. The number of rotatable bonds is 3. The zero-order valence-electron chi connectivity index (χ0n) is 13.6. The van der Waals surface area contributed by atoms with E-state index in [0.29, 0.717) is 27.7 Å². The number of urea groups is 1. The topological polar surface area (TPSA) is 67.2 Å². The summed E-state index contributed by atoms with van der Waals surface area (Å²) in [4.78, 5) is 16.6. The Bertz CT molecular complexity index is 1080. The van der Waals surface area contributed by atoms with Crippen molar-refractivity contribution in [3.63, 3.8) is 0 Å². The average molecular weight is 364 g/mol. The number of anilines is 2. The lowest BCUT2D eigenvalue weighted by atomic mass is 10.2. The molecule has 26 heavy (non-hydrogen) atoms. The first kappa shape index (κ1) is 16.2. The van der Waals surface area contributed by atoms with E-state index in [1.54, 1.807) is 30.3 Å². The van der Waals surface area contributed by atoms with Gasteiger partial charge in [-0.25, -0.2) is 9.78 Å². The molecular weight excluding hydrogens is 350 g/mol. The summed E-state index contributed by atoms with van der Waals surface area (Å²) in [6.07, 6.45) is 0. The van der Waals surface area contributed by atoms with Crippen molar-refractivity contribution in [2.45, 2.75) is 0 Å². The Balaban J connectivity index is 1.55. The molecule has 0 spiro atoms. The van der Waals surface area contributed by atoms with Crippen LogP contribution in [0.5, 0.6) is 0 Å². The number of halogens is 1. The van der Waals surface area contributed by atoms with Crippen LogP contribution in [0.4, 0.5) is 16.2 Å². The fourth-order valence-electron chi connectivity index (χ4n) is 2.57. The molecule has 0 fully saturated rings. The highest BCUT2D eigenvalue weighted by atomic mass is 35.5. The van der Waals surface area contributed by atoms with Crippen molar-refractivity contribution in [1.29, 1.82) is 0 Å². The number of benzene rings is 3. The zero-order chi connectivity index (χ0) is 17.9. The van der Waals surface area contributed by atoms with E-state index in [2.05, 4.69) is 15.6 Å². The first-order valence-electron chi connectivity index (χ1n) is 7.97. The van der Waals surface area contributed by atoms with E-state index in [9.17, 15) is 4.79 Å². The van der Waals surface area contributed by atoms with Crippen LogP contribution >= 0.6 is 11.6 Å². The maximum atomic E-state index is 12.1. The molecule has 0 atom stereocenters. The third kappa shape index (κ3) is 3.53. The van der Waals surface area contributed by atoms with Crippen LogP contribution in [0, 0.1) is 0 Å². The minimum absolute atomic E-state index is 0.325. The Morgan fingerprint density at radius 2 is 1.69 bits per heavy atom. The number of nitrogens with zero attached hydrogens (tertiary/aromatic N) is 1. The second kappa shape index (κ2) is 6.90. The van der Waals surface area contributed by atoms with Gasteiger partial charge in [-0.1, -0.05) is 35.9 Å². The smallest absolute Gasteiger partial charge is 0.323 e. The first-order valence-corrected chi connectivity index (χ1v) is 8.35. The summed E-state index contributed by atoms with van der Waals surface area (Å²) in [5.74, 6) is 0.480. The highest BCUT2D eigenvalue weighted by Gasteiger charge is 2.10. The third-order valence-corrected chi connectivity index (χ3v) is 3.98. The molecule has 0 bridgehead atoms. The number of hydrogen-bond donors (Lipinski definition) is 2. The van der Waals surface area contributed by atoms with Crippen LogP contribution in [-0.2, 0) is 0 Å². The molecule has 0 aliphatic rings. The van der Waals surface area contributed by atoms with Gasteiger partial charge in [-0.05, 0) is 48.5 Å². The second-order valence-electron chi connectivity index (χ2n) is 5.66. The minimum atomic E-state index is -0.325. The van der Waals surface area contributed by atoms with Gasteiger partial charge in [0.05, 0.1) is 0 Å². The lowest BCUT2D eigenvalue weighted by molar-refractivity contribution is 0.262. The average Bonchev–Trinajstić information content (AvgIpc) is 3.06. The summed E-state index contributed by atoms with van der Waals surface area (Å²) < 4.78 is 5.77. The molecule has 0 radical (unpaired) electrons. The standard InChI is InChI=1S/C20H14ClN3O2/c21-14-6-4-5-13(11-14)19-24-17-12-16(9-10-18(17)26-19)23-20(25)22-15-7-2-1-3-8-15/h1-12H,(H2,22,23,25). The maximum absolute atomic E-state index is 12.1. The van der Waals surface area contributed by atoms with Gasteiger partial charge in [-0.15, -0.1) is 0 Å². The molecular formula is C20H14ClN3O2. The normalized spacial score (nSPS) is 10.7. The summed E-state index contributed by atoms with van der Waals surface area (Å²) in [5, 5.41) is 6.17. The summed E-state index contributed by atoms with van der Waals surface area (Å²) in [5.41, 5.74) is 3.42. The number of amides is 2. The van der Waals surface area contributed by atoms with E-state index >= 15 is 0 Å². The lowest BCUT2D eigenvalue weighted by Gasteiger charge is -2.07. The molecule has 0 aliphatic carbocycles. The Morgan fingerprint density at radius 3 is 2.50 bits per heavy atom. The highest BCUT2D eigenvalue weighted by Crippen LogP contribution is 2.27. The van der Waals surface area contributed by atoms with Crippen molar-refractivity contribution in [2.75, 3.05) is 10.6 Å². The number of carbonyl (C=O) groups is 1. The number of oxazole rings is 1. The van der Waals surface area contributed by atoms with Gasteiger partial charge in [0.25, 0.3) is 0 Å². The summed E-state index contributed by atoms with van der Waals surface area (Å²) in [6.45, 7) is 0. The summed E-state index contributed by atoms with van der Waals surface area (Å²) >= 11 is 6.02. The molecule has 1 heterocycles. The Hall–Kier alpha value is -3.31. The van der Waals surface area contributed by atoms with E-state index in [-0.39, 0.29) is 6.03 Å². The predicted octanol–water partition coefficient (Wildman–Crippen LogP) is 5.79. The number of aromatic nitrogens is 1. The molecule has 5 nitrogen and oxygen atoms in total. The maximum Gasteiger partial charge on any atom is 0.323 e. The minimum Gasteiger partial charge on any atom is -0.436 e. The van der Waals surface area contributed by atoms with Gasteiger partial charge in [0.2, 0.25) is 5.89 Å². The van der Waals surface area contributed by atoms with E-state index in [1.807, 2.05) is 42.5 Å². The van der Waals surface area contributed by atoms with Crippen LogP contribution < -0.4 is 10.6 Å². The molecule has 0 aliphatic heterocycles. The molecule has 4 aromatic rings. The van der Waals surface area contributed by atoms with Gasteiger partial charge in [-0.3, -0.25) is 0 Å². The molecule has 2 N–H and O–H groups in total. The Labute approximate surface area is 154 Å². The van der Waals surface area contributed by atoms with E-state index in [1.165, 1.54) is 0 Å². The molecule has 0 saturated heterocycles. The van der Waals surface area contributed by atoms with Crippen molar-refractivity contribution < 1.29 is 9.21 Å². The van der Waals surface area contributed by atoms with Crippen LogP contribution in [0.3, 0.4) is 0 Å². The third-order valence-electron chi connectivity index (χ3n) is 3.75. The van der Waals surface area contributed by atoms with Gasteiger partial charge in [0, 0.05) is 22.0 Å². The van der Waals surface area contributed by atoms with Crippen LogP contribution in [0.15, 0.2) is 77.2 Å². The Kier molecular flexibility index (Phi) is 4.29. The highest BCUT2D eigenvalue weighted by molar-refractivity contribution is 6.30. The summed E-state index contributed by atoms with van der Waals surface area (Å²) in [6, 6.07) is 21.5. The number of para-hydroxylation sites is 1. The fraction of sp³-hybridized carbons (Fsp3) is 0. The van der Waals surface area contributed by atoms with Crippen molar-refractivity contribution >= 4 is 40.1 Å². The van der Waals surface area contributed by atoms with Gasteiger partial charge < -0.3 is 15.1 Å². The number of carbonyl (C=O) groups excluding carboxylic acids is 1. The monoisotopic (exact) mass is 363 g/mol. The van der Waals surface area contributed by atoms with Gasteiger partial charge >= 0.3 is 6.03 Å². The van der Waals surface area contributed by atoms with Crippen LogP contribution in [0.1, 0.15) is 0 Å². The molecule has 0 saturated carbocycles. The molecule has 2 amide bonds. The van der Waals surface area contributed by atoms with Crippen molar-refractivity contribution in [3.05, 3.63) is 77.8 Å². The molecule has 6 heteroatoms. The lowest BCUT2D eigenvalue weighted by Crippen LogP contribution is -2.19. The first-order chi connectivity index (χ1) is 12.7. The summed E-state index contributed by atoms with van der Waals surface area (Å²) in [7, 11) is 0. The second-order valence-corrected chi connectivity index (χ2v) is 6.09. The fourth-order valence-corrected chi connectivity index (χ4v) is 2.76. The number of nitrogens with one attached hydrogen (secondary N) is 2. The molecule has 1 aromatic heterocycles. The van der Waals surface area contributed by atoms with Gasteiger partial charge in [-0.2, -0.15) is 0 Å². The van der Waals surface area contributed by atoms with E-state index < -0.39 is 0 Å². The van der Waals surface area contributed by atoms with Gasteiger partial charge in [0.1, 0.15) is 5.52 Å². The Morgan fingerprint density at radius 1 is 0.885 bits per heavy atom. The predicted molar refractivity (Wildman–Crippen MR) is 104 cm³/mol. The van der Waals surface area contributed by atoms with Crippen molar-refractivity contribution in [3.8, 4) is 11.5 Å². The zero-order valence-corrected chi connectivity index (χ0v) is 14.3. The molecule has 3 aromatic carbocycles. The largest absolute Gasteiger partial charge is 0.436 e. The molecule has 128 valence electrons. The van der Waals surface area contributed by atoms with Gasteiger partial charge in [0.15, 0.2) is 5.58 Å².